The third-order valence-electron chi connectivity index (χ3n) is 12.8. The molecular weight excluding hydrogens is 900 g/mol. The molecule has 1 N–H and O–H groups in total. The summed E-state index contributed by atoms with van der Waals surface area (Å²) in [7, 11) is 0. The molecule has 9 rings (SSSR count). The highest BCUT2D eigenvalue weighted by molar-refractivity contribution is 6.30. The SMILES string of the molecule is CCOC1(O[C@@H]2[C@H](OC(=O)CCC(C)=O)[C@@H](COC3(c4ccc(C)cc4)c4ccccc4Oc4ccccc43)O[C@H]2n2ccc(NC(=O)c3ccccc3)nc2=O)CCN(c2ccc(Cl)cc2)CC1. The Morgan fingerprint density at radius 1 is 0.797 bits per heavy atom. The zero-order valence-electron chi connectivity index (χ0n) is 38.5. The largest absolute Gasteiger partial charge is 0.457 e. The van der Waals surface area contributed by atoms with Gasteiger partial charge in [-0.3, -0.25) is 14.2 Å². The highest BCUT2D eigenvalue weighted by Gasteiger charge is 2.55. The highest BCUT2D eigenvalue weighted by Crippen LogP contribution is 2.53. The Bertz CT molecular complexity index is 2800. The van der Waals surface area contributed by atoms with E-state index in [4.69, 9.17) is 40.0 Å². The molecule has 0 saturated carbocycles. The predicted molar refractivity (Wildman–Crippen MR) is 259 cm³/mol. The molecule has 1 aromatic heterocycles. The predicted octanol–water partition coefficient (Wildman–Crippen LogP) is 9.17. The van der Waals surface area contributed by atoms with Crippen LogP contribution >= 0.6 is 11.6 Å². The molecule has 3 aliphatic rings. The van der Waals surface area contributed by atoms with Crippen molar-refractivity contribution in [3.63, 3.8) is 0 Å². The van der Waals surface area contributed by atoms with Crippen molar-refractivity contribution >= 4 is 40.8 Å². The molecule has 4 heterocycles. The summed E-state index contributed by atoms with van der Waals surface area (Å²) in [5.74, 6) is -1.32. The van der Waals surface area contributed by atoms with Crippen LogP contribution in [0, 0.1) is 6.92 Å². The van der Waals surface area contributed by atoms with Crippen LogP contribution in [0.1, 0.15) is 78.4 Å². The number of aromatic nitrogens is 2. The molecule has 5 aromatic carbocycles. The summed E-state index contributed by atoms with van der Waals surface area (Å²) >= 11 is 6.23. The van der Waals surface area contributed by atoms with Crippen LogP contribution in [0.4, 0.5) is 11.5 Å². The zero-order chi connectivity index (χ0) is 48.1. The van der Waals surface area contributed by atoms with E-state index in [1.54, 1.807) is 30.3 Å². The van der Waals surface area contributed by atoms with Crippen molar-refractivity contribution in [2.45, 2.75) is 82.4 Å². The maximum atomic E-state index is 14.3. The van der Waals surface area contributed by atoms with E-state index >= 15 is 0 Å². The molecule has 2 saturated heterocycles. The number of aryl methyl sites for hydroxylation is 1. The van der Waals surface area contributed by atoms with E-state index in [1.165, 1.54) is 23.8 Å². The number of Topliss-reactive ketones (excluding diaryl/α,β-unsaturated/α-hetero) is 1. The van der Waals surface area contributed by atoms with Crippen molar-refractivity contribution in [2.75, 3.05) is 36.5 Å². The van der Waals surface area contributed by atoms with Gasteiger partial charge in [-0.1, -0.05) is 96.0 Å². The van der Waals surface area contributed by atoms with E-state index < -0.39 is 53.5 Å². The topological polar surface area (TPSA) is 157 Å². The standard InChI is InChI=1S/C54H53ClN4O10/c1-4-64-53(29-32-58(33-30-53)40-25-23-39(55)24-26-40)69-49-48(68-47(61)27-20-36(3)60)45(67-51(49)59-31-28-46(57-52(59)63)56-50(62)37-12-6-5-7-13-37)34-65-54(38-21-18-35(2)19-22-38)41-14-8-10-16-43(41)66-44-17-11-9-15-42(44)54/h5-19,21-26,28,31,45,48-49,51H,4,20,27,29-30,32-34H2,1-3H3,(H,56,57,62,63)/t45-,48-,49-,51-/m1/s1. The molecule has 14 nitrogen and oxygen atoms in total. The number of anilines is 2. The van der Waals surface area contributed by atoms with E-state index in [-0.39, 0.29) is 37.7 Å². The number of benzene rings is 5. The number of hydrogen-bond acceptors (Lipinski definition) is 12. The first kappa shape index (κ1) is 47.4. The second-order valence-electron chi connectivity index (χ2n) is 17.4. The summed E-state index contributed by atoms with van der Waals surface area (Å²) in [4.78, 5) is 60.0. The molecule has 356 valence electrons. The summed E-state index contributed by atoms with van der Waals surface area (Å²) in [5.41, 5.74) is 2.67. The molecule has 1 amide bonds. The van der Waals surface area contributed by atoms with Crippen molar-refractivity contribution in [3.05, 3.63) is 183 Å². The monoisotopic (exact) mass is 952 g/mol. The number of esters is 1. The second-order valence-corrected chi connectivity index (χ2v) is 17.8. The van der Waals surface area contributed by atoms with Gasteiger partial charge in [0.05, 0.1) is 13.0 Å². The Balaban J connectivity index is 1.12. The van der Waals surface area contributed by atoms with Gasteiger partial charge in [0.2, 0.25) is 0 Å². The minimum absolute atomic E-state index is 0.0184. The van der Waals surface area contributed by atoms with Crippen molar-refractivity contribution in [2.24, 2.45) is 0 Å². The van der Waals surface area contributed by atoms with E-state index in [9.17, 15) is 19.2 Å². The number of piperidine rings is 1. The Labute approximate surface area is 405 Å². The fourth-order valence-electron chi connectivity index (χ4n) is 9.34. The van der Waals surface area contributed by atoms with Gasteiger partial charge in [-0.2, -0.15) is 4.98 Å². The van der Waals surface area contributed by atoms with Crippen LogP contribution in [-0.2, 0) is 38.9 Å². The van der Waals surface area contributed by atoms with Crippen molar-refractivity contribution in [3.8, 4) is 11.5 Å². The fourth-order valence-corrected chi connectivity index (χ4v) is 9.47. The molecule has 69 heavy (non-hydrogen) atoms. The maximum Gasteiger partial charge on any atom is 0.351 e. The number of ketones is 1. The van der Waals surface area contributed by atoms with Crippen LogP contribution in [-0.4, -0.2) is 77.6 Å². The molecule has 0 aliphatic carbocycles. The molecule has 0 bridgehead atoms. The Hall–Kier alpha value is -6.68. The van der Waals surface area contributed by atoms with Crippen molar-refractivity contribution < 1.29 is 42.8 Å². The van der Waals surface area contributed by atoms with Gasteiger partial charge in [-0.15, -0.1) is 0 Å². The summed E-state index contributed by atoms with van der Waals surface area (Å²) in [6, 6.07) is 41.1. The zero-order valence-corrected chi connectivity index (χ0v) is 39.3. The van der Waals surface area contributed by atoms with Gasteiger partial charge in [0, 0.05) is 72.6 Å². The lowest BCUT2D eigenvalue weighted by Crippen LogP contribution is -2.53. The van der Waals surface area contributed by atoms with Gasteiger partial charge in [0.25, 0.3) is 5.91 Å². The van der Waals surface area contributed by atoms with Gasteiger partial charge in [-0.25, -0.2) is 4.79 Å². The Morgan fingerprint density at radius 2 is 1.45 bits per heavy atom. The summed E-state index contributed by atoms with van der Waals surface area (Å²) in [6.45, 7) is 6.45. The average Bonchev–Trinajstić information content (AvgIpc) is 3.68. The number of carbonyl (C=O) groups excluding carboxylic acids is 3. The van der Waals surface area contributed by atoms with Gasteiger partial charge in [-0.05, 0) is 80.9 Å². The van der Waals surface area contributed by atoms with E-state index in [2.05, 4.69) is 15.2 Å². The molecule has 0 spiro atoms. The summed E-state index contributed by atoms with van der Waals surface area (Å²) < 4.78 is 42.1. The van der Waals surface area contributed by atoms with Crippen LogP contribution in [0.2, 0.25) is 5.02 Å². The first-order chi connectivity index (χ1) is 33.4. The second kappa shape index (κ2) is 20.5. The number of halogens is 1. The summed E-state index contributed by atoms with van der Waals surface area (Å²) in [5, 5.41) is 3.33. The lowest BCUT2D eigenvalue weighted by Gasteiger charge is -2.44. The fraction of sp³-hybridized carbons (Fsp3) is 0.315. The first-order valence-corrected chi connectivity index (χ1v) is 23.5. The quantitative estimate of drug-likeness (QED) is 0.0726. The molecule has 3 aliphatic heterocycles. The number of amides is 1. The number of hydrogen-bond donors (Lipinski definition) is 1. The van der Waals surface area contributed by atoms with E-state index in [1.807, 2.05) is 111 Å². The molecule has 0 unspecified atom stereocenters. The van der Waals surface area contributed by atoms with Gasteiger partial charge in [0.1, 0.15) is 35.3 Å². The van der Waals surface area contributed by atoms with Gasteiger partial charge >= 0.3 is 11.7 Å². The maximum absolute atomic E-state index is 14.3. The molecule has 2 fully saturated rings. The number of ether oxygens (including phenoxy) is 6. The molecule has 6 aromatic rings. The number of fused-ring (bicyclic) bond motifs is 2. The van der Waals surface area contributed by atoms with Crippen LogP contribution in [0.15, 0.2) is 144 Å². The number of nitrogens with one attached hydrogen (secondary N) is 1. The van der Waals surface area contributed by atoms with Crippen molar-refractivity contribution in [1.29, 1.82) is 0 Å². The molecular formula is C54H53ClN4O10. The Kier molecular flexibility index (Phi) is 14.1. The molecule has 15 heteroatoms. The molecule has 0 radical (unpaired) electrons. The Morgan fingerprint density at radius 3 is 2.09 bits per heavy atom. The summed E-state index contributed by atoms with van der Waals surface area (Å²) in [6.07, 6.45) is -2.76. The number of para-hydroxylation sites is 2. The van der Waals surface area contributed by atoms with Crippen LogP contribution in [0.3, 0.4) is 0 Å². The van der Waals surface area contributed by atoms with Crippen LogP contribution in [0.25, 0.3) is 0 Å². The lowest BCUT2D eigenvalue weighted by molar-refractivity contribution is -0.286. The highest BCUT2D eigenvalue weighted by atomic mass is 35.5. The van der Waals surface area contributed by atoms with E-state index in [0.717, 1.165) is 27.9 Å². The number of rotatable bonds is 16. The van der Waals surface area contributed by atoms with Crippen LogP contribution < -0.4 is 20.6 Å². The smallest absolute Gasteiger partial charge is 0.351 e. The van der Waals surface area contributed by atoms with Gasteiger partial charge in [0.15, 0.2) is 23.7 Å². The van der Waals surface area contributed by atoms with Gasteiger partial charge < -0.3 is 43.4 Å². The number of nitrogens with zero attached hydrogens (tertiary/aromatic N) is 3. The van der Waals surface area contributed by atoms with Crippen molar-refractivity contribution in [1.82, 2.24) is 9.55 Å². The third kappa shape index (κ3) is 10.1. The van der Waals surface area contributed by atoms with Crippen LogP contribution in [0.5, 0.6) is 11.5 Å². The van der Waals surface area contributed by atoms with E-state index in [0.29, 0.717) is 48.0 Å². The minimum Gasteiger partial charge on any atom is -0.457 e. The normalized spacial score (nSPS) is 20.0. The minimum atomic E-state index is -1.27. The third-order valence-corrected chi connectivity index (χ3v) is 13.0. The average molecular weight is 953 g/mol. The number of carbonyl (C=O) groups is 3. The lowest BCUT2D eigenvalue weighted by atomic mass is 9.77. The molecule has 4 atom stereocenters. The first-order valence-electron chi connectivity index (χ1n) is 23.2.